The van der Waals surface area contributed by atoms with Crippen molar-refractivity contribution in [2.45, 2.75) is 25.3 Å². The van der Waals surface area contributed by atoms with Crippen LogP contribution >= 0.6 is 0 Å². The summed E-state index contributed by atoms with van der Waals surface area (Å²) >= 11 is 0. The molecule has 0 bridgehead atoms. The summed E-state index contributed by atoms with van der Waals surface area (Å²) in [5, 5.41) is 13.6. The van der Waals surface area contributed by atoms with Crippen LogP contribution in [-0.2, 0) is 16.0 Å². The highest BCUT2D eigenvalue weighted by Crippen LogP contribution is 2.18. The minimum Gasteiger partial charge on any atom is -0.352 e. The lowest BCUT2D eigenvalue weighted by Crippen LogP contribution is -2.51. The number of non-ortho nitro benzene ring substituents is 1. The summed E-state index contributed by atoms with van der Waals surface area (Å²) < 4.78 is 0. The molecular weight excluding hydrogens is 324 g/mol. The van der Waals surface area contributed by atoms with Crippen LogP contribution in [0.15, 0.2) is 24.3 Å². The Bertz CT molecular complexity index is 649. The number of hydrogen-bond acceptors (Lipinski definition) is 5. The molecule has 3 rings (SSSR count). The van der Waals surface area contributed by atoms with E-state index in [4.69, 9.17) is 0 Å². The van der Waals surface area contributed by atoms with Crippen molar-refractivity contribution < 1.29 is 14.5 Å². The molecule has 8 nitrogen and oxygen atoms in total. The van der Waals surface area contributed by atoms with Crippen molar-refractivity contribution >= 4 is 17.5 Å². The molecule has 0 atom stereocenters. The van der Waals surface area contributed by atoms with E-state index < -0.39 is 4.92 Å². The van der Waals surface area contributed by atoms with Crippen LogP contribution in [0.1, 0.15) is 18.4 Å². The third-order valence-corrected chi connectivity index (χ3v) is 4.54. The molecule has 1 heterocycles. The zero-order chi connectivity index (χ0) is 17.8. The quantitative estimate of drug-likeness (QED) is 0.600. The largest absolute Gasteiger partial charge is 0.352 e. The van der Waals surface area contributed by atoms with Gasteiger partial charge in [-0.2, -0.15) is 0 Å². The van der Waals surface area contributed by atoms with Crippen LogP contribution in [0.5, 0.6) is 0 Å². The van der Waals surface area contributed by atoms with Crippen LogP contribution in [0.25, 0.3) is 0 Å². The molecular formula is C17H22N4O4. The van der Waals surface area contributed by atoms with Gasteiger partial charge in [-0.05, 0) is 18.4 Å². The standard InChI is InChI=1S/C17H22N4O4/c22-16(18-14-3-4-14)12-19-7-9-20(10-8-19)17(23)11-13-1-5-15(6-2-13)21(24)25/h1-2,5-6,14H,3-4,7-12H2,(H,18,22). The van der Waals surface area contributed by atoms with Crippen molar-refractivity contribution in [3.8, 4) is 0 Å². The van der Waals surface area contributed by atoms with Gasteiger partial charge in [-0.15, -0.1) is 0 Å². The molecule has 25 heavy (non-hydrogen) atoms. The molecule has 0 unspecified atom stereocenters. The van der Waals surface area contributed by atoms with E-state index in [0.29, 0.717) is 38.8 Å². The zero-order valence-corrected chi connectivity index (χ0v) is 14.0. The lowest BCUT2D eigenvalue weighted by atomic mass is 10.1. The smallest absolute Gasteiger partial charge is 0.269 e. The summed E-state index contributed by atoms with van der Waals surface area (Å²) in [7, 11) is 0. The van der Waals surface area contributed by atoms with E-state index in [1.54, 1.807) is 17.0 Å². The Morgan fingerprint density at radius 1 is 1.12 bits per heavy atom. The van der Waals surface area contributed by atoms with E-state index in [2.05, 4.69) is 10.2 Å². The van der Waals surface area contributed by atoms with Gasteiger partial charge in [-0.25, -0.2) is 0 Å². The second kappa shape index (κ2) is 7.60. The first-order valence-corrected chi connectivity index (χ1v) is 8.54. The third kappa shape index (κ3) is 4.99. The first-order chi connectivity index (χ1) is 12.0. The number of carbonyl (C=O) groups excluding carboxylic acids is 2. The fourth-order valence-corrected chi connectivity index (χ4v) is 2.88. The van der Waals surface area contributed by atoms with E-state index in [9.17, 15) is 19.7 Å². The molecule has 2 fully saturated rings. The third-order valence-electron chi connectivity index (χ3n) is 4.54. The van der Waals surface area contributed by atoms with E-state index in [0.717, 1.165) is 18.4 Å². The Kier molecular flexibility index (Phi) is 5.28. The van der Waals surface area contributed by atoms with Gasteiger partial charge >= 0.3 is 0 Å². The molecule has 134 valence electrons. The Labute approximate surface area is 145 Å². The maximum atomic E-state index is 12.4. The number of nitro groups is 1. The van der Waals surface area contributed by atoms with Crippen LogP contribution in [0.2, 0.25) is 0 Å². The highest BCUT2D eigenvalue weighted by molar-refractivity contribution is 5.79. The van der Waals surface area contributed by atoms with E-state index in [-0.39, 0.29) is 23.9 Å². The Hall–Kier alpha value is -2.48. The van der Waals surface area contributed by atoms with Gasteiger partial charge in [0.25, 0.3) is 5.69 Å². The monoisotopic (exact) mass is 346 g/mol. The van der Waals surface area contributed by atoms with Crippen LogP contribution in [0.4, 0.5) is 5.69 Å². The molecule has 0 aromatic heterocycles. The summed E-state index contributed by atoms with van der Waals surface area (Å²) in [4.78, 5) is 38.2. The van der Waals surface area contributed by atoms with E-state index in [1.807, 2.05) is 0 Å². The van der Waals surface area contributed by atoms with Crippen molar-refractivity contribution in [1.82, 2.24) is 15.1 Å². The van der Waals surface area contributed by atoms with E-state index >= 15 is 0 Å². The second-order valence-corrected chi connectivity index (χ2v) is 6.60. The van der Waals surface area contributed by atoms with Gasteiger partial charge in [0.15, 0.2) is 0 Å². The van der Waals surface area contributed by atoms with Gasteiger partial charge in [-0.1, -0.05) is 12.1 Å². The SMILES string of the molecule is O=C(CN1CCN(C(=O)Cc2ccc([N+](=O)[O-])cc2)CC1)NC1CC1. The number of benzene rings is 1. The molecule has 2 aliphatic rings. The first-order valence-electron chi connectivity index (χ1n) is 8.54. The Balaban J connectivity index is 1.43. The van der Waals surface area contributed by atoms with Gasteiger partial charge in [0, 0.05) is 44.4 Å². The Morgan fingerprint density at radius 2 is 1.76 bits per heavy atom. The zero-order valence-electron chi connectivity index (χ0n) is 14.0. The number of piperazine rings is 1. The average Bonchev–Trinajstić information content (AvgIpc) is 3.39. The van der Waals surface area contributed by atoms with Crippen molar-refractivity contribution in [3.63, 3.8) is 0 Å². The molecule has 1 aromatic carbocycles. The fraction of sp³-hybridized carbons (Fsp3) is 0.529. The summed E-state index contributed by atoms with van der Waals surface area (Å²) in [6, 6.07) is 6.44. The van der Waals surface area contributed by atoms with Crippen molar-refractivity contribution in [3.05, 3.63) is 39.9 Å². The molecule has 1 saturated heterocycles. The van der Waals surface area contributed by atoms with E-state index in [1.165, 1.54) is 12.1 Å². The molecule has 1 aliphatic heterocycles. The number of hydrogen-bond donors (Lipinski definition) is 1. The highest BCUT2D eigenvalue weighted by atomic mass is 16.6. The van der Waals surface area contributed by atoms with Crippen molar-refractivity contribution in [1.29, 1.82) is 0 Å². The predicted molar refractivity (Wildman–Crippen MR) is 91.0 cm³/mol. The molecule has 2 amide bonds. The fourth-order valence-electron chi connectivity index (χ4n) is 2.88. The molecule has 0 spiro atoms. The highest BCUT2D eigenvalue weighted by Gasteiger charge is 2.26. The molecule has 1 N–H and O–H groups in total. The normalized spacial score (nSPS) is 18.0. The van der Waals surface area contributed by atoms with Gasteiger partial charge in [0.05, 0.1) is 17.9 Å². The van der Waals surface area contributed by atoms with Crippen molar-refractivity contribution in [2.75, 3.05) is 32.7 Å². The number of carbonyl (C=O) groups is 2. The maximum Gasteiger partial charge on any atom is 0.269 e. The number of nitrogens with zero attached hydrogens (tertiary/aromatic N) is 3. The lowest BCUT2D eigenvalue weighted by Gasteiger charge is -2.34. The number of amides is 2. The van der Waals surface area contributed by atoms with Crippen LogP contribution < -0.4 is 5.32 Å². The minimum absolute atomic E-state index is 0.0101. The first kappa shape index (κ1) is 17.3. The van der Waals surface area contributed by atoms with Crippen LogP contribution in [0, 0.1) is 10.1 Å². The number of rotatable bonds is 6. The van der Waals surface area contributed by atoms with Gasteiger partial charge in [0.1, 0.15) is 0 Å². The topological polar surface area (TPSA) is 95.8 Å². The van der Waals surface area contributed by atoms with Gasteiger partial charge in [0.2, 0.25) is 11.8 Å². The average molecular weight is 346 g/mol. The van der Waals surface area contributed by atoms with Crippen molar-refractivity contribution in [2.24, 2.45) is 0 Å². The molecule has 1 aliphatic carbocycles. The van der Waals surface area contributed by atoms with Gasteiger partial charge in [-0.3, -0.25) is 24.6 Å². The summed E-state index contributed by atoms with van der Waals surface area (Å²) in [5.74, 6) is 0.0732. The Morgan fingerprint density at radius 3 is 2.32 bits per heavy atom. The molecule has 1 aromatic rings. The molecule has 0 radical (unpaired) electrons. The van der Waals surface area contributed by atoms with Crippen LogP contribution in [0.3, 0.4) is 0 Å². The number of nitro benzene ring substituents is 1. The minimum atomic E-state index is -0.454. The predicted octanol–water partition coefficient (Wildman–Crippen LogP) is 0.560. The van der Waals surface area contributed by atoms with Crippen LogP contribution in [-0.4, -0.2) is 65.3 Å². The molecule has 8 heteroatoms. The summed E-state index contributed by atoms with van der Waals surface area (Å²) in [6.07, 6.45) is 2.40. The molecule has 1 saturated carbocycles. The lowest BCUT2D eigenvalue weighted by molar-refractivity contribution is -0.384. The number of nitrogens with one attached hydrogen (secondary N) is 1. The van der Waals surface area contributed by atoms with Gasteiger partial charge < -0.3 is 10.2 Å². The maximum absolute atomic E-state index is 12.4. The second-order valence-electron chi connectivity index (χ2n) is 6.60. The summed E-state index contributed by atoms with van der Waals surface area (Å²) in [5.41, 5.74) is 0.788. The summed E-state index contributed by atoms with van der Waals surface area (Å²) in [6.45, 7) is 2.96.